The van der Waals surface area contributed by atoms with Crippen LogP contribution in [-0.2, 0) is 25.7 Å². The number of nitrogens with zero attached hydrogens (tertiary/aromatic N) is 1. The molecular formula is C31H27NO6S. The second-order valence-corrected chi connectivity index (χ2v) is 11.4. The second-order valence-electron chi connectivity index (χ2n) is 10.4. The molecule has 0 bridgehead atoms. The standard InChI is InChI=1S/C31H27NO6S/c1-16-12-25(34)27-20(7-5-17-6-10-24(33)26(13-17)38-2)19-8-9-21-28(22(19)14-23(27)29(16)35)31(37)32(30(21)36)15-18-4-3-11-39-18/h3-8,10-13,20-22,28,33H,9,14-15H2,1-2H3. The van der Waals surface area contributed by atoms with Crippen LogP contribution in [0.4, 0.5) is 0 Å². The zero-order valence-corrected chi connectivity index (χ0v) is 22.4. The largest absolute Gasteiger partial charge is 0.504 e. The zero-order chi connectivity index (χ0) is 27.4. The molecule has 4 aliphatic rings. The Hall–Kier alpha value is -4.04. The van der Waals surface area contributed by atoms with Gasteiger partial charge < -0.3 is 9.84 Å². The number of hydrogen-bond donors (Lipinski definition) is 1. The fraction of sp³-hybridized carbons (Fsp3) is 0.290. The first kappa shape index (κ1) is 25.2. The van der Waals surface area contributed by atoms with Gasteiger partial charge in [-0.05, 0) is 60.9 Å². The van der Waals surface area contributed by atoms with Crippen LogP contribution in [0.3, 0.4) is 0 Å². The minimum absolute atomic E-state index is 0.0172. The molecule has 1 aromatic carbocycles. The van der Waals surface area contributed by atoms with E-state index in [4.69, 9.17) is 4.74 Å². The van der Waals surface area contributed by atoms with E-state index in [-0.39, 0.29) is 48.0 Å². The van der Waals surface area contributed by atoms with Gasteiger partial charge >= 0.3 is 0 Å². The summed E-state index contributed by atoms with van der Waals surface area (Å²) in [6, 6.07) is 8.76. The van der Waals surface area contributed by atoms with Crippen molar-refractivity contribution in [3.8, 4) is 11.5 Å². The fourth-order valence-electron chi connectivity index (χ4n) is 6.44. The summed E-state index contributed by atoms with van der Waals surface area (Å²) in [7, 11) is 1.47. The van der Waals surface area contributed by atoms with Crippen LogP contribution in [0.5, 0.6) is 11.5 Å². The molecule has 3 aliphatic carbocycles. The predicted octanol–water partition coefficient (Wildman–Crippen LogP) is 4.64. The van der Waals surface area contributed by atoms with Gasteiger partial charge in [0.25, 0.3) is 0 Å². The lowest BCUT2D eigenvalue weighted by Crippen LogP contribution is -2.40. The quantitative estimate of drug-likeness (QED) is 0.336. The Labute approximate surface area is 229 Å². The summed E-state index contributed by atoms with van der Waals surface area (Å²) in [6.07, 6.45) is 7.79. The maximum Gasteiger partial charge on any atom is 0.234 e. The zero-order valence-electron chi connectivity index (χ0n) is 21.5. The van der Waals surface area contributed by atoms with Crippen molar-refractivity contribution in [2.45, 2.75) is 26.3 Å². The molecule has 198 valence electrons. The lowest BCUT2D eigenvalue weighted by molar-refractivity contribution is -0.140. The van der Waals surface area contributed by atoms with Crippen molar-refractivity contribution < 1.29 is 29.0 Å². The molecule has 1 fully saturated rings. The predicted molar refractivity (Wildman–Crippen MR) is 146 cm³/mol. The lowest BCUT2D eigenvalue weighted by atomic mass is 9.60. The van der Waals surface area contributed by atoms with E-state index in [1.54, 1.807) is 19.1 Å². The highest BCUT2D eigenvalue weighted by molar-refractivity contribution is 7.09. The monoisotopic (exact) mass is 541 g/mol. The van der Waals surface area contributed by atoms with Gasteiger partial charge in [-0.3, -0.25) is 24.1 Å². The summed E-state index contributed by atoms with van der Waals surface area (Å²) in [6.45, 7) is 1.89. The van der Waals surface area contributed by atoms with Crippen LogP contribution in [0.1, 0.15) is 30.2 Å². The van der Waals surface area contributed by atoms with Gasteiger partial charge in [-0.25, -0.2) is 0 Å². The molecule has 2 aromatic rings. The van der Waals surface area contributed by atoms with Crippen molar-refractivity contribution in [2.24, 2.45) is 23.7 Å². The fourth-order valence-corrected chi connectivity index (χ4v) is 7.14. The van der Waals surface area contributed by atoms with E-state index < -0.39 is 17.8 Å². The normalized spacial score (nSPS) is 26.5. The van der Waals surface area contributed by atoms with E-state index in [9.17, 15) is 24.3 Å². The Morgan fingerprint density at radius 2 is 1.95 bits per heavy atom. The van der Waals surface area contributed by atoms with Gasteiger partial charge in [0.05, 0.1) is 25.5 Å². The molecule has 1 N–H and O–H groups in total. The van der Waals surface area contributed by atoms with Crippen molar-refractivity contribution in [1.29, 1.82) is 0 Å². The van der Waals surface area contributed by atoms with Gasteiger partial charge in [-0.15, -0.1) is 11.3 Å². The number of allylic oxidation sites excluding steroid dienone is 7. The van der Waals surface area contributed by atoms with E-state index in [0.717, 1.165) is 16.0 Å². The summed E-state index contributed by atoms with van der Waals surface area (Å²) >= 11 is 1.51. The Morgan fingerprint density at radius 3 is 2.69 bits per heavy atom. The highest BCUT2D eigenvalue weighted by Gasteiger charge is 2.55. The number of amides is 2. The van der Waals surface area contributed by atoms with Gasteiger partial charge in [0.1, 0.15) is 0 Å². The molecule has 1 saturated heterocycles. The SMILES string of the molecule is COc1cc(C=CC2C3=CCC4C(=O)N(Cc5cccs5)C(=O)C4C3CC3=C2C(=O)C=C(C)C3=O)ccc1O. The molecule has 2 amide bonds. The molecule has 0 radical (unpaired) electrons. The van der Waals surface area contributed by atoms with Gasteiger partial charge in [-0.1, -0.05) is 35.9 Å². The number of thiophene rings is 1. The molecule has 6 rings (SSSR count). The summed E-state index contributed by atoms with van der Waals surface area (Å²) in [4.78, 5) is 56.0. The number of imide groups is 1. The molecule has 4 unspecified atom stereocenters. The van der Waals surface area contributed by atoms with Crippen LogP contribution >= 0.6 is 11.3 Å². The maximum absolute atomic E-state index is 13.7. The summed E-state index contributed by atoms with van der Waals surface area (Å²) in [5, 5.41) is 11.9. The van der Waals surface area contributed by atoms with E-state index in [2.05, 4.69) is 0 Å². The highest BCUT2D eigenvalue weighted by Crippen LogP contribution is 2.52. The third-order valence-electron chi connectivity index (χ3n) is 8.28. The van der Waals surface area contributed by atoms with Crippen LogP contribution in [-0.4, -0.2) is 40.5 Å². The first-order chi connectivity index (χ1) is 18.8. The number of aromatic hydroxyl groups is 1. The van der Waals surface area contributed by atoms with Gasteiger partial charge in [0.2, 0.25) is 11.8 Å². The minimum Gasteiger partial charge on any atom is -0.504 e. The maximum atomic E-state index is 13.7. The Balaban J connectivity index is 1.40. The summed E-state index contributed by atoms with van der Waals surface area (Å²) < 4.78 is 5.22. The number of methoxy groups -OCH3 is 1. The number of ether oxygens (including phenoxy) is 1. The number of ketones is 2. The van der Waals surface area contributed by atoms with Gasteiger partial charge in [0, 0.05) is 27.5 Å². The third-order valence-corrected chi connectivity index (χ3v) is 9.14. The number of likely N-dealkylation sites (tertiary alicyclic amines) is 1. The van der Waals surface area contributed by atoms with Crippen molar-refractivity contribution in [2.75, 3.05) is 7.11 Å². The van der Waals surface area contributed by atoms with Crippen molar-refractivity contribution in [1.82, 2.24) is 4.90 Å². The van der Waals surface area contributed by atoms with Crippen LogP contribution < -0.4 is 4.74 Å². The third kappa shape index (κ3) is 4.10. The number of phenols is 1. The van der Waals surface area contributed by atoms with Crippen molar-refractivity contribution >= 4 is 40.8 Å². The number of carbonyl (C=O) groups excluding carboxylic acids is 4. The van der Waals surface area contributed by atoms with E-state index in [1.807, 2.05) is 35.7 Å². The number of carbonyl (C=O) groups is 4. The van der Waals surface area contributed by atoms with E-state index in [0.29, 0.717) is 28.9 Å². The first-order valence-corrected chi connectivity index (χ1v) is 13.8. The molecule has 8 heteroatoms. The lowest BCUT2D eigenvalue weighted by Gasteiger charge is -2.41. The first-order valence-electron chi connectivity index (χ1n) is 12.9. The van der Waals surface area contributed by atoms with Crippen LogP contribution in [0.25, 0.3) is 6.08 Å². The molecule has 4 atom stereocenters. The molecular weight excluding hydrogens is 514 g/mol. The molecule has 39 heavy (non-hydrogen) atoms. The molecule has 1 aliphatic heterocycles. The summed E-state index contributed by atoms with van der Waals surface area (Å²) in [5.41, 5.74) is 2.93. The molecule has 1 aromatic heterocycles. The topological polar surface area (TPSA) is 101 Å². The number of Topliss-reactive ketones (excluding diaryl/α,β-unsaturated/α-hetero) is 1. The Kier molecular flexibility index (Phi) is 6.22. The average molecular weight is 542 g/mol. The van der Waals surface area contributed by atoms with Crippen LogP contribution in [0, 0.1) is 23.7 Å². The molecule has 2 heterocycles. The number of fused-ring (bicyclic) bond motifs is 3. The van der Waals surface area contributed by atoms with Gasteiger partial charge in [0.15, 0.2) is 23.1 Å². The van der Waals surface area contributed by atoms with Crippen molar-refractivity contribution in [3.63, 3.8) is 0 Å². The highest BCUT2D eigenvalue weighted by atomic mass is 32.1. The number of rotatable bonds is 5. The average Bonchev–Trinajstić information content (AvgIpc) is 3.53. The number of hydrogen-bond acceptors (Lipinski definition) is 7. The molecule has 0 spiro atoms. The second kappa shape index (κ2) is 9.61. The summed E-state index contributed by atoms with van der Waals surface area (Å²) in [5.74, 6) is -2.29. The molecule has 0 saturated carbocycles. The van der Waals surface area contributed by atoms with E-state index >= 15 is 0 Å². The Bertz CT molecular complexity index is 1540. The number of benzene rings is 1. The van der Waals surface area contributed by atoms with Gasteiger partial charge in [-0.2, -0.15) is 0 Å². The van der Waals surface area contributed by atoms with E-state index in [1.165, 1.54) is 35.5 Å². The smallest absolute Gasteiger partial charge is 0.234 e. The van der Waals surface area contributed by atoms with Crippen molar-refractivity contribution in [3.05, 3.63) is 86.7 Å². The number of phenolic OH excluding ortho intramolecular Hbond substituents is 1. The van der Waals surface area contributed by atoms with Crippen LogP contribution in [0.15, 0.2) is 76.2 Å². The Morgan fingerprint density at radius 1 is 1.13 bits per heavy atom. The molecule has 7 nitrogen and oxygen atoms in total. The minimum atomic E-state index is -0.565. The van der Waals surface area contributed by atoms with Crippen LogP contribution in [0.2, 0.25) is 0 Å².